The number of carbonyl (C=O) groups excluding carboxylic acids is 9. The van der Waals surface area contributed by atoms with Crippen LogP contribution in [0.1, 0.15) is 183 Å². The number of carbonyl (C=O) groups is 9. The van der Waals surface area contributed by atoms with Crippen molar-refractivity contribution in [2.45, 2.75) is 121 Å². The molecular formula is C82H87BrN8O15. The first-order valence-electron chi connectivity index (χ1n) is 34.5. The number of ketones is 1. The molecule has 552 valence electrons. The largest absolute Gasteiger partial charge is 0.506 e. The van der Waals surface area contributed by atoms with Crippen LogP contribution >= 0.6 is 15.9 Å². The molecule has 2 aliphatic heterocycles. The average molecular weight is 1500 g/mol. The summed E-state index contributed by atoms with van der Waals surface area (Å²) in [6.45, 7) is 25.4. The second-order valence-corrected chi connectivity index (χ2v) is 30.3. The van der Waals surface area contributed by atoms with Crippen LogP contribution in [-0.4, -0.2) is 107 Å². The molecule has 0 aromatic heterocycles. The molecule has 0 fully saturated rings. The standard InChI is InChI=1S/C82H87BrN8O15/c1-40-22-52-69(93)53(23-40)74(96)85-61-35-65(49(10)31-45(61)6)89-78(100)57-27-43(4)29-59-72(57)106-21-19-104-39-82(15,17-16-68(92)81(13,14)83)38-103-18-20-105-71-56(77(99)88-64-34-60(84-73(52)95)44(5)30-48(64)9)26-42(3)28-58(71)79(101)90-66-36-62(46(7)32-50(66)11)86-75(97)54-24-41(2)25-55(70(54)94)76(98)87-63-37-67(91-80(59)102)51(12)33-47(63)8/h22-37,93-94H,16-21,38-39H2,1-15H3,(H,84,95)(H,85,96)(H,86,97)(H,87,98)(H,88,99)(H,89,100)(H,90,101)(H,91,102). The zero-order valence-electron chi connectivity index (χ0n) is 62.0. The molecule has 2 heterocycles. The number of hydrogen-bond acceptors (Lipinski definition) is 15. The van der Waals surface area contributed by atoms with Crippen LogP contribution in [0.15, 0.2) is 97.1 Å². The summed E-state index contributed by atoms with van der Waals surface area (Å²) < 4.78 is 25.0. The molecule has 10 N–H and O–H groups in total. The van der Waals surface area contributed by atoms with Crippen molar-refractivity contribution in [2.75, 3.05) is 82.2 Å². The van der Waals surface area contributed by atoms with Gasteiger partial charge in [0.2, 0.25) is 0 Å². The highest BCUT2D eigenvalue weighted by molar-refractivity contribution is 9.10. The van der Waals surface area contributed by atoms with Crippen molar-refractivity contribution in [2.24, 2.45) is 5.41 Å². The van der Waals surface area contributed by atoms with Gasteiger partial charge in [-0.2, -0.15) is 0 Å². The number of benzene rings is 8. The molecule has 0 unspecified atom stereocenters. The van der Waals surface area contributed by atoms with Gasteiger partial charge in [0, 0.05) is 57.3 Å². The Labute approximate surface area is 623 Å². The number of anilines is 8. The first-order valence-corrected chi connectivity index (χ1v) is 35.3. The number of nitrogens with one attached hydrogen (secondary N) is 8. The summed E-state index contributed by atoms with van der Waals surface area (Å²) in [4.78, 5) is 132. The zero-order valence-corrected chi connectivity index (χ0v) is 63.6. The zero-order chi connectivity index (χ0) is 77.1. The first kappa shape index (κ1) is 77.4. The minimum Gasteiger partial charge on any atom is -0.506 e. The maximum Gasteiger partial charge on any atom is 0.259 e. The maximum absolute atomic E-state index is 15.1. The van der Waals surface area contributed by atoms with Gasteiger partial charge in [0.05, 0.1) is 75.3 Å². The number of Topliss-reactive ketones (excluding diaryl/α,β-unsaturated/α-hetero) is 1. The van der Waals surface area contributed by atoms with E-state index in [1.807, 2.05) is 6.92 Å². The molecule has 0 aliphatic carbocycles. The third kappa shape index (κ3) is 17.6. The summed E-state index contributed by atoms with van der Waals surface area (Å²) in [6, 6.07) is 25.0. The number of halogens is 1. The molecule has 8 aromatic carbocycles. The molecule has 14 bridgehead atoms. The van der Waals surface area contributed by atoms with E-state index < -0.39 is 68.5 Å². The summed E-state index contributed by atoms with van der Waals surface area (Å²) in [5.41, 5.74) is 6.11. The van der Waals surface area contributed by atoms with Crippen LogP contribution in [0.25, 0.3) is 0 Å². The van der Waals surface area contributed by atoms with Crippen LogP contribution < -0.4 is 52.0 Å². The Balaban J connectivity index is 1.15. The van der Waals surface area contributed by atoms with Crippen molar-refractivity contribution in [1.82, 2.24) is 0 Å². The molecule has 8 aromatic rings. The van der Waals surface area contributed by atoms with E-state index in [4.69, 9.17) is 18.9 Å². The number of ether oxygens (including phenoxy) is 4. The van der Waals surface area contributed by atoms with Crippen molar-refractivity contribution in [1.29, 1.82) is 0 Å². The molecule has 106 heavy (non-hydrogen) atoms. The summed E-state index contributed by atoms with van der Waals surface area (Å²) >= 11 is 3.51. The monoisotopic (exact) mass is 1500 g/mol. The number of phenols is 2. The predicted molar refractivity (Wildman–Crippen MR) is 413 cm³/mol. The van der Waals surface area contributed by atoms with Gasteiger partial charge in [-0.05, 0) is 243 Å². The average Bonchev–Trinajstić information content (AvgIpc) is 0.794. The molecule has 24 heteroatoms. The van der Waals surface area contributed by atoms with E-state index in [-0.39, 0.29) is 160 Å². The highest BCUT2D eigenvalue weighted by atomic mass is 79.9. The van der Waals surface area contributed by atoms with Gasteiger partial charge in [0.15, 0.2) is 0 Å². The lowest BCUT2D eigenvalue weighted by atomic mass is 9.85. The van der Waals surface area contributed by atoms with E-state index in [2.05, 4.69) is 58.5 Å². The lowest BCUT2D eigenvalue weighted by Gasteiger charge is -2.30. The number of phenolic OH excluding ortho intramolecular Hbond substituents is 2. The third-order valence-corrected chi connectivity index (χ3v) is 19.1. The number of amides is 8. The van der Waals surface area contributed by atoms with Crippen molar-refractivity contribution in [3.8, 4) is 23.0 Å². The normalized spacial score (nSPS) is 15.1. The Morgan fingerprint density at radius 1 is 0.358 bits per heavy atom. The van der Waals surface area contributed by atoms with Crippen LogP contribution in [-0.2, 0) is 14.3 Å². The fourth-order valence-electron chi connectivity index (χ4n) is 12.7. The second kappa shape index (κ2) is 31.6. The van der Waals surface area contributed by atoms with Crippen LogP contribution in [0.2, 0.25) is 0 Å². The van der Waals surface area contributed by atoms with Gasteiger partial charge < -0.3 is 71.7 Å². The predicted octanol–water partition coefficient (Wildman–Crippen LogP) is 15.5. The molecule has 0 atom stereocenters. The van der Waals surface area contributed by atoms with E-state index in [9.17, 15) is 34.2 Å². The molecule has 23 nitrogen and oxygen atoms in total. The fourth-order valence-corrected chi connectivity index (χ4v) is 12.9. The number of rotatable bonds is 4. The molecule has 2 aliphatic rings. The third-order valence-electron chi connectivity index (χ3n) is 18.7. The highest BCUT2D eigenvalue weighted by Crippen LogP contribution is 2.39. The second-order valence-electron chi connectivity index (χ2n) is 28.4. The molecule has 8 amide bonds. The smallest absolute Gasteiger partial charge is 0.259 e. The minimum absolute atomic E-state index is 0.00844. The Kier molecular flexibility index (Phi) is 23.1. The quantitative estimate of drug-likeness (QED) is 0.0732. The van der Waals surface area contributed by atoms with Gasteiger partial charge in [-0.25, -0.2) is 0 Å². The fraction of sp³-hybridized carbons (Fsp3) is 0.305. The Bertz CT molecular complexity index is 4450. The van der Waals surface area contributed by atoms with Gasteiger partial charge in [-0.15, -0.1) is 0 Å². The maximum atomic E-state index is 15.1. The Morgan fingerprint density at radius 2 is 0.566 bits per heavy atom. The molecule has 0 saturated carbocycles. The topological polar surface area (TPSA) is 327 Å². The lowest BCUT2D eigenvalue weighted by Crippen LogP contribution is -2.33. The van der Waals surface area contributed by atoms with E-state index >= 15 is 19.2 Å². The van der Waals surface area contributed by atoms with Gasteiger partial charge in [-0.1, -0.05) is 47.1 Å². The first-order chi connectivity index (χ1) is 49.9. The summed E-state index contributed by atoms with van der Waals surface area (Å²) in [6.07, 6.45) is 0.404. The summed E-state index contributed by atoms with van der Waals surface area (Å²) in [7, 11) is 0. The van der Waals surface area contributed by atoms with Gasteiger partial charge >= 0.3 is 0 Å². The number of hydrogen-bond donors (Lipinski definition) is 10. The molecule has 10 rings (SSSR count). The molecule has 0 spiro atoms. The van der Waals surface area contributed by atoms with Gasteiger partial charge in [-0.3, -0.25) is 43.2 Å². The van der Waals surface area contributed by atoms with Crippen molar-refractivity contribution >= 4 is 114 Å². The Hall–Kier alpha value is -11.2. The van der Waals surface area contributed by atoms with Crippen LogP contribution in [0.3, 0.4) is 0 Å². The van der Waals surface area contributed by atoms with Gasteiger partial charge in [0.25, 0.3) is 47.3 Å². The van der Waals surface area contributed by atoms with Crippen LogP contribution in [0.5, 0.6) is 23.0 Å². The van der Waals surface area contributed by atoms with Crippen molar-refractivity contribution in [3.05, 3.63) is 208 Å². The summed E-state index contributed by atoms with van der Waals surface area (Å²) in [5.74, 6) is -7.73. The van der Waals surface area contributed by atoms with E-state index in [0.717, 1.165) is 0 Å². The minimum atomic E-state index is -0.862. The van der Waals surface area contributed by atoms with Crippen molar-refractivity contribution in [3.63, 3.8) is 0 Å². The molecular weight excluding hydrogens is 1420 g/mol. The van der Waals surface area contributed by atoms with E-state index in [0.29, 0.717) is 66.8 Å². The highest BCUT2D eigenvalue weighted by Gasteiger charge is 2.33. The van der Waals surface area contributed by atoms with Gasteiger partial charge in [0.1, 0.15) is 42.0 Å². The summed E-state index contributed by atoms with van der Waals surface area (Å²) in [5, 5.41) is 47.0. The van der Waals surface area contributed by atoms with Crippen LogP contribution in [0, 0.1) is 88.5 Å². The number of aryl methyl sites for hydroxylation is 12. The van der Waals surface area contributed by atoms with Crippen molar-refractivity contribution < 1.29 is 72.3 Å². The molecule has 0 radical (unpaired) electrons. The number of alkyl halides is 1. The van der Waals surface area contributed by atoms with Crippen LogP contribution in [0.4, 0.5) is 45.5 Å². The van der Waals surface area contributed by atoms with E-state index in [1.54, 1.807) is 170 Å². The SMILES string of the molecule is Cc1cc2c(O)c(c1)C(=O)Nc1cc(c(C)cc1C)NC(=O)c1cc(C)cc3c1OCCOCC(C)(CCC(=O)C(C)(C)Br)COCCOc1c(cc(C)cc1C(=O)Nc1cc(c(C)cc1C)NC(=O)c1cc(C)cc(c1O)C(=O)Nc1cc(c(C)cc1C)NC3=O)C(=O)Nc1cc(c(C)cc1C)NC2=O. The Morgan fingerprint density at radius 3 is 0.783 bits per heavy atom. The number of fused-ring (bicyclic) bond motifs is 22. The number of aromatic hydroxyl groups is 2. The molecule has 0 saturated heterocycles. The lowest BCUT2D eigenvalue weighted by molar-refractivity contribution is -0.121. The van der Waals surface area contributed by atoms with E-state index in [1.165, 1.54) is 24.3 Å².